The van der Waals surface area contributed by atoms with Crippen LogP contribution in [0.4, 0.5) is 0 Å². The number of carboxylic acids is 2. The normalized spacial score (nSPS) is 5.00. The quantitative estimate of drug-likeness (QED) is 0.439. The molecule has 0 saturated heterocycles. The predicted molar refractivity (Wildman–Crippen MR) is 37.5 cm³/mol. The SMILES string of the molecule is CC(=O)[O-].CC(=O)[O-].S.[Pb+2]. The van der Waals surface area contributed by atoms with Crippen molar-refractivity contribution in [3.8, 4) is 0 Å². The maximum atomic E-state index is 8.89. The standard InChI is InChI=1S/2C2H4O2.Pb.H2S/c2*1-2(3)4;;/h2*1H3,(H,3,4);;1H2/q;;+2;/p-2. The maximum absolute atomic E-state index is 8.89. The van der Waals surface area contributed by atoms with Crippen LogP contribution in [0, 0.1) is 0 Å². The number of aliphatic carboxylic acids is 2. The summed E-state index contributed by atoms with van der Waals surface area (Å²) in [5.74, 6) is -2.17. The minimum Gasteiger partial charge on any atom is -0.550 e. The molecule has 0 atom stereocenters. The molecule has 0 aliphatic rings. The van der Waals surface area contributed by atoms with Gasteiger partial charge >= 0.3 is 27.3 Å². The van der Waals surface area contributed by atoms with Crippen LogP contribution >= 0.6 is 13.5 Å². The first-order chi connectivity index (χ1) is 3.46. The summed E-state index contributed by atoms with van der Waals surface area (Å²) in [5.41, 5.74) is 0. The zero-order valence-corrected chi connectivity index (χ0v) is 10.5. The Hall–Kier alpha value is 0.212. The van der Waals surface area contributed by atoms with Gasteiger partial charge in [-0.3, -0.25) is 0 Å². The van der Waals surface area contributed by atoms with E-state index >= 15 is 0 Å². The van der Waals surface area contributed by atoms with Crippen LogP contribution in [0.25, 0.3) is 0 Å². The molecule has 0 aromatic rings. The average Bonchev–Trinajstić information content (AvgIpc) is 1.25. The van der Waals surface area contributed by atoms with E-state index in [1.165, 1.54) is 0 Å². The van der Waals surface area contributed by atoms with Gasteiger partial charge in [-0.25, -0.2) is 0 Å². The van der Waals surface area contributed by atoms with E-state index in [9.17, 15) is 0 Å². The van der Waals surface area contributed by atoms with Crippen molar-refractivity contribution in [1.29, 1.82) is 0 Å². The predicted octanol–water partition coefficient (Wildman–Crippen LogP) is -2.76. The Labute approximate surface area is 86.2 Å². The number of hydrogen-bond acceptors (Lipinski definition) is 4. The number of rotatable bonds is 0. The third kappa shape index (κ3) is 9500. The molecular formula is C4H8O4PbS. The van der Waals surface area contributed by atoms with Crippen molar-refractivity contribution < 1.29 is 19.8 Å². The van der Waals surface area contributed by atoms with Crippen LogP contribution in [0.3, 0.4) is 0 Å². The summed E-state index contributed by atoms with van der Waals surface area (Å²) in [6, 6.07) is 0. The van der Waals surface area contributed by atoms with Gasteiger partial charge < -0.3 is 19.8 Å². The number of carbonyl (C=O) groups is 2. The summed E-state index contributed by atoms with van der Waals surface area (Å²) >= 11 is 0. The van der Waals surface area contributed by atoms with E-state index in [0.717, 1.165) is 13.8 Å². The molecule has 0 bridgehead atoms. The van der Waals surface area contributed by atoms with Crippen LogP contribution in [0.5, 0.6) is 0 Å². The first-order valence-corrected chi connectivity index (χ1v) is 1.82. The van der Waals surface area contributed by atoms with Crippen LogP contribution < -0.4 is 10.2 Å². The summed E-state index contributed by atoms with van der Waals surface area (Å²) < 4.78 is 0. The van der Waals surface area contributed by atoms with E-state index in [4.69, 9.17) is 19.8 Å². The number of hydrogen-bond donors (Lipinski definition) is 0. The van der Waals surface area contributed by atoms with Crippen molar-refractivity contribution in [2.24, 2.45) is 0 Å². The third-order valence-electron chi connectivity index (χ3n) is 0. The molecule has 0 spiro atoms. The van der Waals surface area contributed by atoms with Crippen molar-refractivity contribution in [1.82, 2.24) is 0 Å². The summed E-state index contributed by atoms with van der Waals surface area (Å²) in [6.07, 6.45) is 0. The number of carbonyl (C=O) groups excluding carboxylic acids is 2. The van der Waals surface area contributed by atoms with Crippen LogP contribution in [-0.4, -0.2) is 39.2 Å². The van der Waals surface area contributed by atoms with E-state index in [1.54, 1.807) is 0 Å². The van der Waals surface area contributed by atoms with Gasteiger partial charge in [-0.1, -0.05) is 0 Å². The summed E-state index contributed by atoms with van der Waals surface area (Å²) in [4.78, 5) is 17.8. The Bertz CT molecular complexity index is 75.3. The van der Waals surface area contributed by atoms with E-state index in [1.807, 2.05) is 0 Å². The molecule has 0 saturated carbocycles. The third-order valence-corrected chi connectivity index (χ3v) is 0. The van der Waals surface area contributed by atoms with Crippen LogP contribution in [-0.2, 0) is 9.59 Å². The van der Waals surface area contributed by atoms with Gasteiger partial charge in [0.2, 0.25) is 0 Å². The zero-order chi connectivity index (χ0) is 7.15. The maximum Gasteiger partial charge on any atom is 2.00 e. The van der Waals surface area contributed by atoms with Crippen LogP contribution in [0.15, 0.2) is 0 Å². The Balaban J connectivity index is -0.0000000300. The summed E-state index contributed by atoms with van der Waals surface area (Å²) in [5, 5.41) is 17.8. The molecule has 0 N–H and O–H groups in total. The summed E-state index contributed by atoms with van der Waals surface area (Å²) in [6.45, 7) is 1.94. The van der Waals surface area contributed by atoms with Gasteiger partial charge in [0.1, 0.15) is 0 Å². The van der Waals surface area contributed by atoms with E-state index in [-0.39, 0.29) is 40.8 Å². The molecule has 0 aromatic carbocycles. The molecule has 0 fully saturated rings. The van der Waals surface area contributed by atoms with Crippen molar-refractivity contribution in [3.05, 3.63) is 0 Å². The van der Waals surface area contributed by atoms with Crippen molar-refractivity contribution in [3.63, 3.8) is 0 Å². The second-order valence-corrected chi connectivity index (χ2v) is 0.983. The molecule has 0 aromatic heterocycles. The summed E-state index contributed by atoms with van der Waals surface area (Å²) in [7, 11) is 0. The second kappa shape index (κ2) is 16.1. The van der Waals surface area contributed by atoms with Gasteiger partial charge in [0.05, 0.1) is 0 Å². The van der Waals surface area contributed by atoms with Gasteiger partial charge in [0.25, 0.3) is 0 Å². The Morgan fingerprint density at radius 2 is 1.00 bits per heavy atom. The van der Waals surface area contributed by atoms with Crippen molar-refractivity contribution >= 4 is 52.7 Å². The van der Waals surface area contributed by atoms with Gasteiger partial charge in [-0.05, 0) is 13.8 Å². The molecule has 58 valence electrons. The molecule has 10 heavy (non-hydrogen) atoms. The fraction of sp³-hybridized carbons (Fsp3) is 0.500. The van der Waals surface area contributed by atoms with Crippen LogP contribution in [0.2, 0.25) is 0 Å². The smallest absolute Gasteiger partial charge is 0.550 e. The minimum atomic E-state index is -1.08. The fourth-order valence-electron chi connectivity index (χ4n) is 0. The minimum absolute atomic E-state index is 0. The zero-order valence-electron chi connectivity index (χ0n) is 5.63. The molecule has 0 heterocycles. The van der Waals surface area contributed by atoms with Gasteiger partial charge in [-0.15, -0.1) is 0 Å². The van der Waals surface area contributed by atoms with Crippen molar-refractivity contribution in [2.45, 2.75) is 13.8 Å². The first-order valence-electron chi connectivity index (χ1n) is 1.82. The van der Waals surface area contributed by atoms with Crippen LogP contribution in [0.1, 0.15) is 13.8 Å². The van der Waals surface area contributed by atoms with Crippen molar-refractivity contribution in [2.75, 3.05) is 0 Å². The monoisotopic (exact) mass is 360 g/mol. The first kappa shape index (κ1) is 22.5. The largest absolute Gasteiger partial charge is 2.00 e. The molecule has 0 rings (SSSR count). The van der Waals surface area contributed by atoms with Gasteiger partial charge in [0, 0.05) is 11.9 Å². The topological polar surface area (TPSA) is 80.3 Å². The van der Waals surface area contributed by atoms with Gasteiger partial charge in [0.15, 0.2) is 0 Å². The Morgan fingerprint density at radius 3 is 1.00 bits per heavy atom. The molecule has 0 amide bonds. The average molecular weight is 359 g/mol. The Morgan fingerprint density at radius 1 is 1.00 bits per heavy atom. The molecule has 0 aliphatic heterocycles. The molecule has 0 aliphatic carbocycles. The number of carboxylic acid groups (broad SMARTS) is 2. The molecular weight excluding hydrogens is 351 g/mol. The molecule has 6 heteroatoms. The van der Waals surface area contributed by atoms with E-state index in [2.05, 4.69) is 0 Å². The fourth-order valence-corrected chi connectivity index (χ4v) is 0. The van der Waals surface area contributed by atoms with Gasteiger partial charge in [-0.2, -0.15) is 13.5 Å². The second-order valence-electron chi connectivity index (χ2n) is 0.983. The van der Waals surface area contributed by atoms with E-state index in [0.29, 0.717) is 0 Å². The molecule has 2 radical (unpaired) electrons. The molecule has 0 unspecified atom stereocenters. The molecule has 4 nitrogen and oxygen atoms in total. The Kier molecular flexibility index (Phi) is 36.2. The van der Waals surface area contributed by atoms with E-state index < -0.39 is 11.9 Å².